The Morgan fingerprint density at radius 2 is 2.00 bits per heavy atom. The lowest BCUT2D eigenvalue weighted by Gasteiger charge is -2.04. The first kappa shape index (κ1) is 12.1. The number of rotatable bonds is 4. The highest BCUT2D eigenvalue weighted by atomic mass is 32.1. The summed E-state index contributed by atoms with van der Waals surface area (Å²) in [6, 6.07) is 13.6. The van der Waals surface area contributed by atoms with Gasteiger partial charge in [-0.1, -0.05) is 24.3 Å². The van der Waals surface area contributed by atoms with Crippen LogP contribution in [0.4, 0.5) is 0 Å². The summed E-state index contributed by atoms with van der Waals surface area (Å²) in [4.78, 5) is 2.68. The maximum absolute atomic E-state index is 10.1. The summed E-state index contributed by atoms with van der Waals surface area (Å²) < 4.78 is 0. The molecule has 4 nitrogen and oxygen atoms in total. The van der Waals surface area contributed by atoms with Crippen molar-refractivity contribution >= 4 is 11.3 Å². The predicted octanol–water partition coefficient (Wildman–Crippen LogP) is 2.60. The van der Waals surface area contributed by atoms with Crippen molar-refractivity contribution in [3.63, 3.8) is 0 Å². The Bertz CT molecular complexity index is 634. The second kappa shape index (κ2) is 5.34. The molecular formula is C14H13N3OS. The molecule has 0 radical (unpaired) electrons. The molecule has 1 unspecified atom stereocenters. The Hall–Kier alpha value is -1.98. The van der Waals surface area contributed by atoms with E-state index in [1.807, 2.05) is 47.8 Å². The number of nitrogens with zero attached hydrogens (tertiary/aromatic N) is 3. The van der Waals surface area contributed by atoms with Crippen LogP contribution in [0.5, 0.6) is 0 Å². The number of aliphatic hydroxyl groups excluding tert-OH is 1. The largest absolute Gasteiger partial charge is 0.386 e. The maximum atomic E-state index is 10.1. The van der Waals surface area contributed by atoms with E-state index in [2.05, 4.69) is 10.2 Å². The predicted molar refractivity (Wildman–Crippen MR) is 74.3 cm³/mol. The van der Waals surface area contributed by atoms with Crippen molar-refractivity contribution in [1.29, 1.82) is 0 Å². The van der Waals surface area contributed by atoms with Crippen molar-refractivity contribution < 1.29 is 5.11 Å². The van der Waals surface area contributed by atoms with Gasteiger partial charge in [-0.15, -0.1) is 11.3 Å². The number of aliphatic hydroxyl groups is 1. The Balaban J connectivity index is 1.78. The zero-order valence-electron chi connectivity index (χ0n) is 10.2. The fourth-order valence-corrected chi connectivity index (χ4v) is 2.58. The molecule has 1 atom stereocenters. The quantitative estimate of drug-likeness (QED) is 0.793. The Kier molecular flexibility index (Phi) is 3.39. The standard InChI is InChI=1S/C14H13N3OS/c18-14(9-12-7-4-8-19-12)13-10-15-17(16-13)11-5-2-1-3-6-11/h1-8,10,14,18H,9H2. The number of thiophene rings is 1. The van der Waals surface area contributed by atoms with Crippen LogP contribution in [0, 0.1) is 0 Å². The minimum absolute atomic E-state index is 0.575. The number of hydrogen-bond donors (Lipinski definition) is 1. The molecule has 0 saturated heterocycles. The van der Waals surface area contributed by atoms with Crippen molar-refractivity contribution in [1.82, 2.24) is 15.0 Å². The monoisotopic (exact) mass is 271 g/mol. The van der Waals surface area contributed by atoms with Crippen LogP contribution in [-0.4, -0.2) is 20.1 Å². The third-order valence-corrected chi connectivity index (χ3v) is 3.71. The van der Waals surface area contributed by atoms with Crippen LogP contribution in [0.1, 0.15) is 16.7 Å². The summed E-state index contributed by atoms with van der Waals surface area (Å²) in [5, 5.41) is 20.7. The molecule has 3 aromatic rings. The highest BCUT2D eigenvalue weighted by Crippen LogP contribution is 2.19. The fourth-order valence-electron chi connectivity index (χ4n) is 1.84. The highest BCUT2D eigenvalue weighted by Gasteiger charge is 2.13. The normalized spacial score (nSPS) is 12.5. The lowest BCUT2D eigenvalue weighted by molar-refractivity contribution is 0.174. The van der Waals surface area contributed by atoms with E-state index in [4.69, 9.17) is 0 Å². The molecule has 0 fully saturated rings. The number of benzene rings is 1. The molecule has 2 heterocycles. The van der Waals surface area contributed by atoms with E-state index in [9.17, 15) is 5.11 Å². The molecule has 0 spiro atoms. The molecule has 0 aliphatic carbocycles. The van der Waals surface area contributed by atoms with Crippen molar-refractivity contribution in [2.45, 2.75) is 12.5 Å². The van der Waals surface area contributed by atoms with Crippen molar-refractivity contribution in [2.24, 2.45) is 0 Å². The minimum atomic E-state index is -0.615. The van der Waals surface area contributed by atoms with Gasteiger partial charge in [0.1, 0.15) is 11.8 Å². The summed E-state index contributed by atoms with van der Waals surface area (Å²) in [5.74, 6) is 0. The summed E-state index contributed by atoms with van der Waals surface area (Å²) in [6.45, 7) is 0. The van der Waals surface area contributed by atoms with Crippen molar-refractivity contribution in [3.05, 3.63) is 64.6 Å². The molecule has 0 amide bonds. The summed E-state index contributed by atoms with van der Waals surface area (Å²) in [5.41, 5.74) is 1.48. The molecule has 0 aliphatic heterocycles. The molecule has 1 N–H and O–H groups in total. The van der Waals surface area contributed by atoms with E-state index >= 15 is 0 Å². The van der Waals surface area contributed by atoms with Crippen LogP contribution in [0.15, 0.2) is 54.0 Å². The van der Waals surface area contributed by atoms with E-state index in [-0.39, 0.29) is 0 Å². The van der Waals surface area contributed by atoms with Crippen molar-refractivity contribution in [3.8, 4) is 5.69 Å². The fraction of sp³-hybridized carbons (Fsp3) is 0.143. The third kappa shape index (κ3) is 2.72. The Morgan fingerprint density at radius 3 is 2.74 bits per heavy atom. The van der Waals surface area contributed by atoms with Gasteiger partial charge in [0.25, 0.3) is 0 Å². The van der Waals surface area contributed by atoms with Gasteiger partial charge < -0.3 is 5.11 Å². The van der Waals surface area contributed by atoms with E-state index in [0.717, 1.165) is 10.6 Å². The van der Waals surface area contributed by atoms with Crippen LogP contribution in [-0.2, 0) is 6.42 Å². The van der Waals surface area contributed by atoms with Gasteiger partial charge in [0.15, 0.2) is 0 Å². The highest BCUT2D eigenvalue weighted by molar-refractivity contribution is 7.09. The second-order valence-electron chi connectivity index (χ2n) is 4.19. The van der Waals surface area contributed by atoms with Crippen LogP contribution in [0.25, 0.3) is 5.69 Å². The minimum Gasteiger partial charge on any atom is -0.386 e. The van der Waals surface area contributed by atoms with Gasteiger partial charge in [-0.05, 0) is 23.6 Å². The average molecular weight is 271 g/mol. The van der Waals surface area contributed by atoms with E-state index < -0.39 is 6.10 Å². The number of para-hydroxylation sites is 1. The first-order valence-electron chi connectivity index (χ1n) is 6.01. The van der Waals surface area contributed by atoms with E-state index in [1.165, 1.54) is 4.80 Å². The molecule has 1 aromatic carbocycles. The zero-order chi connectivity index (χ0) is 13.1. The molecule has 96 valence electrons. The first-order chi connectivity index (χ1) is 9.33. The van der Waals surface area contributed by atoms with Gasteiger partial charge in [-0.25, -0.2) is 0 Å². The van der Waals surface area contributed by atoms with Crippen LogP contribution in [0.3, 0.4) is 0 Å². The summed E-state index contributed by atoms with van der Waals surface area (Å²) in [6.07, 6.45) is 1.58. The summed E-state index contributed by atoms with van der Waals surface area (Å²) >= 11 is 1.63. The Morgan fingerprint density at radius 1 is 1.16 bits per heavy atom. The second-order valence-corrected chi connectivity index (χ2v) is 5.23. The molecular weight excluding hydrogens is 258 g/mol. The molecule has 0 aliphatic rings. The SMILES string of the molecule is OC(Cc1cccs1)c1cnn(-c2ccccc2)n1. The summed E-state index contributed by atoms with van der Waals surface area (Å²) in [7, 11) is 0. The molecule has 2 aromatic heterocycles. The first-order valence-corrected chi connectivity index (χ1v) is 6.89. The maximum Gasteiger partial charge on any atom is 0.112 e. The van der Waals surface area contributed by atoms with E-state index in [0.29, 0.717) is 12.1 Å². The van der Waals surface area contributed by atoms with Crippen LogP contribution < -0.4 is 0 Å². The molecule has 3 rings (SSSR count). The molecule has 19 heavy (non-hydrogen) atoms. The molecule has 5 heteroatoms. The van der Waals surface area contributed by atoms with Gasteiger partial charge >= 0.3 is 0 Å². The van der Waals surface area contributed by atoms with E-state index in [1.54, 1.807) is 17.5 Å². The number of aromatic nitrogens is 3. The lowest BCUT2D eigenvalue weighted by Crippen LogP contribution is -2.03. The topological polar surface area (TPSA) is 50.9 Å². The van der Waals surface area contributed by atoms with Crippen LogP contribution >= 0.6 is 11.3 Å². The lowest BCUT2D eigenvalue weighted by atomic mass is 10.2. The average Bonchev–Trinajstić information content (AvgIpc) is 3.10. The molecule has 0 saturated carbocycles. The van der Waals surface area contributed by atoms with Crippen LogP contribution in [0.2, 0.25) is 0 Å². The van der Waals surface area contributed by atoms with Gasteiger partial charge in [0.2, 0.25) is 0 Å². The van der Waals surface area contributed by atoms with Crippen molar-refractivity contribution in [2.75, 3.05) is 0 Å². The Labute approximate surface area is 115 Å². The number of hydrogen-bond acceptors (Lipinski definition) is 4. The molecule has 0 bridgehead atoms. The van der Waals surface area contributed by atoms with Gasteiger partial charge in [-0.2, -0.15) is 15.0 Å². The van der Waals surface area contributed by atoms with Gasteiger partial charge in [0.05, 0.1) is 11.9 Å². The van der Waals surface area contributed by atoms with Gasteiger partial charge in [-0.3, -0.25) is 0 Å². The van der Waals surface area contributed by atoms with Gasteiger partial charge in [0, 0.05) is 11.3 Å². The smallest absolute Gasteiger partial charge is 0.112 e. The zero-order valence-corrected chi connectivity index (χ0v) is 11.0. The third-order valence-electron chi connectivity index (χ3n) is 2.81.